The van der Waals surface area contributed by atoms with Gasteiger partial charge in [-0.25, -0.2) is 4.68 Å². The topological polar surface area (TPSA) is 54.3 Å². The van der Waals surface area contributed by atoms with Crippen molar-refractivity contribution < 1.29 is 4.79 Å². The summed E-state index contributed by atoms with van der Waals surface area (Å²) in [6.45, 7) is 3.35. The Morgan fingerprint density at radius 2 is 1.93 bits per heavy atom. The number of hydrogen-bond acceptors (Lipinski definition) is 3. The van der Waals surface area contributed by atoms with E-state index in [4.69, 9.17) is 0 Å². The number of carbonyl (C=O) groups excluding carboxylic acids is 1. The highest BCUT2D eigenvalue weighted by atomic mass is 16.2. The molecule has 144 valence electrons. The fourth-order valence-corrected chi connectivity index (χ4v) is 3.63. The molecule has 0 atom stereocenters. The Morgan fingerprint density at radius 1 is 1.19 bits per heavy atom. The highest BCUT2D eigenvalue weighted by Gasteiger charge is 2.23. The molecule has 1 aliphatic carbocycles. The van der Waals surface area contributed by atoms with Crippen LogP contribution in [0.1, 0.15) is 59.8 Å². The highest BCUT2D eigenvalue weighted by molar-refractivity contribution is 5.94. The average molecular weight is 367 g/mol. The van der Waals surface area contributed by atoms with Crippen LogP contribution >= 0.6 is 0 Å². The Hall–Kier alpha value is -2.56. The van der Waals surface area contributed by atoms with Crippen LogP contribution in [0.5, 0.6) is 0 Å². The first-order chi connectivity index (χ1) is 13.1. The van der Waals surface area contributed by atoms with Crippen molar-refractivity contribution in [3.05, 3.63) is 69.1 Å². The van der Waals surface area contributed by atoms with Crippen LogP contribution in [0.15, 0.2) is 41.2 Å². The summed E-state index contributed by atoms with van der Waals surface area (Å²) in [5.74, 6) is -0.219. The zero-order valence-corrected chi connectivity index (χ0v) is 16.3. The maximum Gasteiger partial charge on any atom is 0.281 e. The minimum atomic E-state index is -0.225. The largest absolute Gasteiger partial charge is 0.337 e. The lowest BCUT2D eigenvalue weighted by Gasteiger charge is -2.24. The molecule has 1 aliphatic rings. The Morgan fingerprint density at radius 3 is 2.67 bits per heavy atom. The molecule has 0 spiro atoms. The van der Waals surface area contributed by atoms with Gasteiger partial charge in [0.15, 0.2) is 0 Å². The van der Waals surface area contributed by atoms with Crippen molar-refractivity contribution in [1.29, 1.82) is 0 Å². The Balaban J connectivity index is 1.90. The first kappa shape index (κ1) is 19.2. The molecule has 5 nitrogen and oxygen atoms in total. The van der Waals surface area contributed by atoms with E-state index in [1.807, 2.05) is 36.4 Å². The van der Waals surface area contributed by atoms with Gasteiger partial charge in [0.05, 0.1) is 0 Å². The summed E-state index contributed by atoms with van der Waals surface area (Å²) in [5.41, 5.74) is 6.52. The zero-order chi connectivity index (χ0) is 19.2. The van der Waals surface area contributed by atoms with Crippen molar-refractivity contribution in [1.82, 2.24) is 9.58 Å². The predicted molar refractivity (Wildman–Crippen MR) is 109 cm³/mol. The van der Waals surface area contributed by atoms with Crippen molar-refractivity contribution >= 4 is 5.91 Å². The molecule has 1 aromatic carbocycles. The van der Waals surface area contributed by atoms with Crippen molar-refractivity contribution in [3.8, 4) is 0 Å². The molecule has 1 amide bonds. The lowest BCUT2D eigenvalue weighted by Crippen LogP contribution is -2.40. The Kier molecular flexibility index (Phi) is 6.32. The SMILES string of the molecule is CCCCNn1c2c(cc(C(=O)N(C)Cc3ccccc3)c1=O)CCCC2. The quantitative estimate of drug-likeness (QED) is 0.764. The summed E-state index contributed by atoms with van der Waals surface area (Å²) >= 11 is 0. The number of amides is 1. The van der Waals surface area contributed by atoms with Gasteiger partial charge in [0.2, 0.25) is 0 Å². The first-order valence-electron chi connectivity index (χ1n) is 9.93. The molecule has 0 radical (unpaired) electrons. The Bertz CT molecular complexity index is 843. The molecule has 1 N–H and O–H groups in total. The van der Waals surface area contributed by atoms with Gasteiger partial charge in [0, 0.05) is 25.8 Å². The van der Waals surface area contributed by atoms with Crippen LogP contribution in [0.3, 0.4) is 0 Å². The number of aryl methyl sites for hydroxylation is 1. The van der Waals surface area contributed by atoms with Gasteiger partial charge in [-0.1, -0.05) is 43.7 Å². The molecule has 0 fully saturated rings. The van der Waals surface area contributed by atoms with Crippen LogP contribution in [-0.4, -0.2) is 29.1 Å². The van der Waals surface area contributed by atoms with E-state index < -0.39 is 0 Å². The Labute approximate surface area is 161 Å². The zero-order valence-electron chi connectivity index (χ0n) is 16.3. The smallest absolute Gasteiger partial charge is 0.281 e. The molecular weight excluding hydrogens is 338 g/mol. The minimum Gasteiger partial charge on any atom is -0.337 e. The maximum absolute atomic E-state index is 13.1. The van der Waals surface area contributed by atoms with Crippen molar-refractivity contribution in [3.63, 3.8) is 0 Å². The molecule has 0 saturated heterocycles. The number of nitrogens with zero attached hydrogens (tertiary/aromatic N) is 2. The molecule has 1 aromatic heterocycles. The molecule has 0 saturated carbocycles. The van der Waals surface area contributed by atoms with E-state index in [2.05, 4.69) is 12.3 Å². The van der Waals surface area contributed by atoms with Crippen LogP contribution in [0.25, 0.3) is 0 Å². The van der Waals surface area contributed by atoms with E-state index in [0.29, 0.717) is 6.54 Å². The number of hydrogen-bond donors (Lipinski definition) is 1. The second-order valence-electron chi connectivity index (χ2n) is 7.29. The average Bonchev–Trinajstić information content (AvgIpc) is 2.69. The van der Waals surface area contributed by atoms with Crippen LogP contribution in [0, 0.1) is 0 Å². The normalized spacial score (nSPS) is 13.1. The fourth-order valence-electron chi connectivity index (χ4n) is 3.63. The summed E-state index contributed by atoms with van der Waals surface area (Å²) in [5, 5.41) is 0. The lowest BCUT2D eigenvalue weighted by atomic mass is 9.94. The van der Waals surface area contributed by atoms with Gasteiger partial charge in [-0.3, -0.25) is 9.59 Å². The van der Waals surface area contributed by atoms with E-state index in [0.717, 1.165) is 61.9 Å². The number of nitrogens with one attached hydrogen (secondary N) is 1. The van der Waals surface area contributed by atoms with Gasteiger partial charge in [-0.2, -0.15) is 0 Å². The van der Waals surface area contributed by atoms with Crippen LogP contribution < -0.4 is 11.0 Å². The fraction of sp³-hybridized carbons (Fsp3) is 0.455. The van der Waals surface area contributed by atoms with Crippen molar-refractivity contribution in [2.24, 2.45) is 0 Å². The second kappa shape index (κ2) is 8.89. The number of fused-ring (bicyclic) bond motifs is 1. The minimum absolute atomic E-state index is 0.219. The standard InChI is InChI=1S/C22H29N3O2/c1-3-4-14-23-25-20-13-9-8-12-18(20)15-19(22(25)27)21(26)24(2)16-17-10-6-5-7-11-17/h5-7,10-11,15,23H,3-4,8-9,12-14,16H2,1-2H3. The van der Waals surface area contributed by atoms with Gasteiger partial charge in [0.1, 0.15) is 5.56 Å². The number of carbonyl (C=O) groups is 1. The van der Waals surface area contributed by atoms with E-state index in [1.165, 1.54) is 0 Å². The molecule has 27 heavy (non-hydrogen) atoms. The van der Waals surface area contributed by atoms with E-state index >= 15 is 0 Å². The monoisotopic (exact) mass is 367 g/mol. The van der Waals surface area contributed by atoms with Gasteiger partial charge in [0.25, 0.3) is 11.5 Å². The van der Waals surface area contributed by atoms with Crippen LogP contribution in [0.2, 0.25) is 0 Å². The van der Waals surface area contributed by atoms with Crippen LogP contribution in [-0.2, 0) is 19.4 Å². The predicted octanol–water partition coefficient (Wildman–Crippen LogP) is 3.34. The molecule has 0 unspecified atom stereocenters. The van der Waals surface area contributed by atoms with Crippen LogP contribution in [0.4, 0.5) is 0 Å². The highest BCUT2D eigenvalue weighted by Crippen LogP contribution is 2.21. The van der Waals surface area contributed by atoms with E-state index in [1.54, 1.807) is 16.6 Å². The second-order valence-corrected chi connectivity index (χ2v) is 7.29. The number of pyridine rings is 1. The van der Waals surface area contributed by atoms with E-state index in [-0.39, 0.29) is 17.0 Å². The number of benzene rings is 1. The lowest BCUT2D eigenvalue weighted by molar-refractivity contribution is 0.0782. The number of unbranched alkanes of at least 4 members (excludes halogenated alkanes) is 1. The van der Waals surface area contributed by atoms with E-state index in [9.17, 15) is 9.59 Å². The van der Waals surface area contributed by atoms with Gasteiger partial charge < -0.3 is 10.3 Å². The van der Waals surface area contributed by atoms with Gasteiger partial charge in [-0.05, 0) is 49.3 Å². The third-order valence-electron chi connectivity index (χ3n) is 5.14. The molecule has 3 rings (SSSR count). The number of rotatable bonds is 7. The maximum atomic E-state index is 13.1. The molecular formula is C22H29N3O2. The third-order valence-corrected chi connectivity index (χ3v) is 5.14. The molecule has 0 bridgehead atoms. The molecule has 0 aliphatic heterocycles. The number of aromatic nitrogens is 1. The van der Waals surface area contributed by atoms with Crippen molar-refractivity contribution in [2.45, 2.75) is 52.0 Å². The van der Waals surface area contributed by atoms with Gasteiger partial charge >= 0.3 is 0 Å². The summed E-state index contributed by atoms with van der Waals surface area (Å²) in [6.07, 6.45) is 6.05. The third kappa shape index (κ3) is 4.41. The summed E-state index contributed by atoms with van der Waals surface area (Å²) in [6, 6.07) is 11.7. The molecule has 1 heterocycles. The summed E-state index contributed by atoms with van der Waals surface area (Å²) in [7, 11) is 1.75. The molecule has 5 heteroatoms. The summed E-state index contributed by atoms with van der Waals surface area (Å²) < 4.78 is 1.65. The summed E-state index contributed by atoms with van der Waals surface area (Å²) in [4.78, 5) is 27.7. The molecule has 2 aromatic rings. The first-order valence-corrected chi connectivity index (χ1v) is 9.93. The van der Waals surface area contributed by atoms with Gasteiger partial charge in [-0.15, -0.1) is 0 Å². The van der Waals surface area contributed by atoms with Crippen molar-refractivity contribution in [2.75, 3.05) is 19.0 Å².